The number of aromatic nitrogens is 2. The highest BCUT2D eigenvalue weighted by molar-refractivity contribution is 5.65. The summed E-state index contributed by atoms with van der Waals surface area (Å²) in [5.41, 5.74) is 2.95. The standard InChI is InChI=1S/C16H17N3O2/c20-16(21)19-10-6-13(7-11-19)15-14(17-8-9-18-15)12-4-2-1-3-5-12/h1-5,8-9,13H,6-7,10-11H2,(H,20,21). The van der Waals surface area contributed by atoms with Gasteiger partial charge in [-0.25, -0.2) is 4.79 Å². The Morgan fingerprint density at radius 3 is 2.43 bits per heavy atom. The summed E-state index contributed by atoms with van der Waals surface area (Å²) in [7, 11) is 0. The van der Waals surface area contributed by atoms with Crippen LogP contribution in [0.2, 0.25) is 0 Å². The molecule has 5 nitrogen and oxygen atoms in total. The molecular weight excluding hydrogens is 266 g/mol. The summed E-state index contributed by atoms with van der Waals surface area (Å²) in [5.74, 6) is 0.268. The van der Waals surface area contributed by atoms with Crippen LogP contribution in [0.1, 0.15) is 24.5 Å². The summed E-state index contributed by atoms with van der Waals surface area (Å²) in [4.78, 5) is 21.5. The normalized spacial score (nSPS) is 15.9. The number of amides is 1. The molecule has 1 fully saturated rings. The van der Waals surface area contributed by atoms with E-state index in [0.29, 0.717) is 13.1 Å². The number of carboxylic acid groups (broad SMARTS) is 1. The van der Waals surface area contributed by atoms with E-state index in [-0.39, 0.29) is 5.92 Å². The van der Waals surface area contributed by atoms with E-state index in [1.807, 2.05) is 30.3 Å². The third-order valence-corrected chi connectivity index (χ3v) is 3.93. The summed E-state index contributed by atoms with van der Waals surface area (Å²) >= 11 is 0. The Balaban J connectivity index is 1.85. The van der Waals surface area contributed by atoms with Crippen molar-refractivity contribution in [1.82, 2.24) is 14.9 Å². The van der Waals surface area contributed by atoms with Crippen molar-refractivity contribution in [3.05, 3.63) is 48.4 Å². The molecule has 0 atom stereocenters. The lowest BCUT2D eigenvalue weighted by Crippen LogP contribution is -2.37. The molecule has 5 heteroatoms. The fraction of sp³-hybridized carbons (Fsp3) is 0.312. The van der Waals surface area contributed by atoms with Crippen LogP contribution in [0.3, 0.4) is 0 Å². The van der Waals surface area contributed by atoms with Crippen molar-refractivity contribution in [3.8, 4) is 11.3 Å². The predicted octanol–water partition coefficient (Wildman–Crippen LogP) is 3.00. The summed E-state index contributed by atoms with van der Waals surface area (Å²) in [6.45, 7) is 1.12. The van der Waals surface area contributed by atoms with Crippen LogP contribution in [-0.4, -0.2) is 39.2 Å². The molecule has 2 heterocycles. The van der Waals surface area contributed by atoms with Gasteiger partial charge in [0.05, 0.1) is 11.4 Å². The van der Waals surface area contributed by atoms with Crippen molar-refractivity contribution in [2.75, 3.05) is 13.1 Å². The molecule has 1 saturated heterocycles. The molecule has 0 unspecified atom stereocenters. The molecule has 0 radical (unpaired) electrons. The number of likely N-dealkylation sites (tertiary alicyclic amines) is 1. The number of rotatable bonds is 2. The Labute approximate surface area is 123 Å². The summed E-state index contributed by atoms with van der Waals surface area (Å²) in [6.07, 6.45) is 4.18. The summed E-state index contributed by atoms with van der Waals surface area (Å²) in [5, 5.41) is 9.03. The van der Waals surface area contributed by atoms with Gasteiger partial charge in [0.1, 0.15) is 0 Å². The molecule has 1 N–H and O–H groups in total. The van der Waals surface area contributed by atoms with Crippen LogP contribution >= 0.6 is 0 Å². The lowest BCUT2D eigenvalue weighted by Gasteiger charge is -2.30. The molecule has 1 aromatic heterocycles. The molecule has 1 amide bonds. The maximum Gasteiger partial charge on any atom is 0.407 e. The Bertz CT molecular complexity index is 622. The second-order valence-electron chi connectivity index (χ2n) is 5.20. The third kappa shape index (κ3) is 2.86. The average Bonchev–Trinajstić information content (AvgIpc) is 2.56. The molecule has 0 spiro atoms. The molecule has 0 bridgehead atoms. The molecule has 21 heavy (non-hydrogen) atoms. The first-order valence-electron chi connectivity index (χ1n) is 7.10. The van der Waals surface area contributed by atoms with E-state index in [4.69, 9.17) is 5.11 Å². The van der Waals surface area contributed by atoms with Gasteiger partial charge in [0.15, 0.2) is 0 Å². The zero-order valence-electron chi connectivity index (χ0n) is 11.6. The van der Waals surface area contributed by atoms with Gasteiger partial charge in [-0.1, -0.05) is 30.3 Å². The van der Waals surface area contributed by atoms with Gasteiger partial charge < -0.3 is 10.0 Å². The van der Waals surface area contributed by atoms with Gasteiger partial charge in [0, 0.05) is 37.0 Å². The second-order valence-corrected chi connectivity index (χ2v) is 5.20. The van der Waals surface area contributed by atoms with Gasteiger partial charge in [-0.15, -0.1) is 0 Å². The van der Waals surface area contributed by atoms with Crippen LogP contribution in [0, 0.1) is 0 Å². The van der Waals surface area contributed by atoms with E-state index >= 15 is 0 Å². The molecule has 0 aliphatic carbocycles. The minimum Gasteiger partial charge on any atom is -0.465 e. The zero-order chi connectivity index (χ0) is 14.7. The van der Waals surface area contributed by atoms with Crippen LogP contribution in [0.15, 0.2) is 42.7 Å². The number of piperidine rings is 1. The molecule has 1 aliphatic rings. The Morgan fingerprint density at radius 1 is 1.10 bits per heavy atom. The van der Waals surface area contributed by atoms with Crippen LogP contribution in [0.25, 0.3) is 11.3 Å². The minimum atomic E-state index is -0.837. The van der Waals surface area contributed by atoms with Gasteiger partial charge in [-0.2, -0.15) is 0 Å². The quantitative estimate of drug-likeness (QED) is 0.920. The van der Waals surface area contributed by atoms with Crippen LogP contribution in [0.4, 0.5) is 4.79 Å². The zero-order valence-corrected chi connectivity index (χ0v) is 11.6. The van der Waals surface area contributed by atoms with Crippen molar-refractivity contribution in [3.63, 3.8) is 0 Å². The van der Waals surface area contributed by atoms with Crippen LogP contribution in [-0.2, 0) is 0 Å². The SMILES string of the molecule is O=C(O)N1CCC(c2nccnc2-c2ccccc2)CC1. The first kappa shape index (κ1) is 13.5. The Morgan fingerprint density at radius 2 is 1.76 bits per heavy atom. The molecule has 0 saturated carbocycles. The maximum absolute atomic E-state index is 11.0. The van der Waals surface area contributed by atoms with Crippen LogP contribution < -0.4 is 0 Å². The lowest BCUT2D eigenvalue weighted by atomic mass is 9.90. The van der Waals surface area contributed by atoms with Crippen LogP contribution in [0.5, 0.6) is 0 Å². The average molecular weight is 283 g/mol. The topological polar surface area (TPSA) is 66.3 Å². The van der Waals surface area contributed by atoms with Gasteiger partial charge in [0.25, 0.3) is 0 Å². The molecule has 3 rings (SSSR count). The van der Waals surface area contributed by atoms with E-state index in [9.17, 15) is 4.79 Å². The van der Waals surface area contributed by atoms with E-state index in [0.717, 1.165) is 29.8 Å². The highest BCUT2D eigenvalue weighted by Gasteiger charge is 2.26. The van der Waals surface area contributed by atoms with Crippen molar-refractivity contribution >= 4 is 6.09 Å². The first-order valence-corrected chi connectivity index (χ1v) is 7.10. The number of benzene rings is 1. The number of hydrogen-bond donors (Lipinski definition) is 1. The van der Waals surface area contributed by atoms with Crippen molar-refractivity contribution in [1.29, 1.82) is 0 Å². The molecule has 108 valence electrons. The number of hydrogen-bond acceptors (Lipinski definition) is 3. The lowest BCUT2D eigenvalue weighted by molar-refractivity contribution is 0.132. The monoisotopic (exact) mass is 283 g/mol. The third-order valence-electron chi connectivity index (χ3n) is 3.93. The highest BCUT2D eigenvalue weighted by Crippen LogP contribution is 2.32. The number of carbonyl (C=O) groups is 1. The van der Waals surface area contributed by atoms with Crippen molar-refractivity contribution in [2.24, 2.45) is 0 Å². The smallest absolute Gasteiger partial charge is 0.407 e. The molecular formula is C16H17N3O2. The molecule has 1 aromatic carbocycles. The van der Waals surface area contributed by atoms with Gasteiger partial charge in [-0.3, -0.25) is 9.97 Å². The largest absolute Gasteiger partial charge is 0.465 e. The predicted molar refractivity (Wildman–Crippen MR) is 79.0 cm³/mol. The molecule has 1 aliphatic heterocycles. The van der Waals surface area contributed by atoms with Gasteiger partial charge >= 0.3 is 6.09 Å². The van der Waals surface area contributed by atoms with Crippen molar-refractivity contribution < 1.29 is 9.90 Å². The van der Waals surface area contributed by atoms with Gasteiger partial charge in [-0.05, 0) is 12.8 Å². The summed E-state index contributed by atoms with van der Waals surface area (Å²) in [6, 6.07) is 10.0. The van der Waals surface area contributed by atoms with Gasteiger partial charge in [0.2, 0.25) is 0 Å². The van der Waals surface area contributed by atoms with E-state index in [2.05, 4.69) is 9.97 Å². The second kappa shape index (κ2) is 5.91. The molecule has 2 aromatic rings. The number of nitrogens with zero attached hydrogens (tertiary/aromatic N) is 3. The fourth-order valence-electron chi connectivity index (χ4n) is 2.81. The van der Waals surface area contributed by atoms with E-state index in [1.165, 1.54) is 4.90 Å². The fourth-order valence-corrected chi connectivity index (χ4v) is 2.81. The minimum absolute atomic E-state index is 0.268. The highest BCUT2D eigenvalue weighted by atomic mass is 16.4. The van der Waals surface area contributed by atoms with E-state index in [1.54, 1.807) is 12.4 Å². The summed E-state index contributed by atoms with van der Waals surface area (Å²) < 4.78 is 0. The first-order chi connectivity index (χ1) is 10.3. The maximum atomic E-state index is 11.0. The Hall–Kier alpha value is -2.43. The van der Waals surface area contributed by atoms with E-state index < -0.39 is 6.09 Å². The van der Waals surface area contributed by atoms with Crippen molar-refractivity contribution in [2.45, 2.75) is 18.8 Å². The Kier molecular flexibility index (Phi) is 3.81.